The summed E-state index contributed by atoms with van der Waals surface area (Å²) < 4.78 is 0. The first-order valence-corrected chi connectivity index (χ1v) is 6.34. The lowest BCUT2D eigenvalue weighted by molar-refractivity contribution is -0.132. The number of carbonyl (C=O) groups is 1. The van der Waals surface area contributed by atoms with Gasteiger partial charge in [-0.25, -0.2) is 0 Å². The van der Waals surface area contributed by atoms with Gasteiger partial charge in [-0.3, -0.25) is 4.79 Å². The number of hydrogen-bond acceptors (Lipinski definition) is 1. The Morgan fingerprint density at radius 1 is 1.00 bits per heavy atom. The first kappa shape index (κ1) is 24.0. The highest BCUT2D eigenvalue weighted by Crippen LogP contribution is 1.96. The molecular weight excluding hydrogens is 186 g/mol. The van der Waals surface area contributed by atoms with Gasteiger partial charge in [-0.2, -0.15) is 0 Å². The topological polar surface area (TPSA) is 20.3 Å². The van der Waals surface area contributed by atoms with Crippen LogP contribution in [-0.2, 0) is 4.79 Å². The normalized spacial score (nSPS) is 7.13. The predicted molar refractivity (Wildman–Crippen MR) is 72.2 cm³/mol. The summed E-state index contributed by atoms with van der Waals surface area (Å²) in [5.41, 5.74) is 0. The number of hydrogen-bond donors (Lipinski definition) is 0. The second-order valence-electron chi connectivity index (χ2n) is 2.51. The van der Waals surface area contributed by atoms with Crippen LogP contribution in [-0.4, -0.2) is 24.4 Å². The van der Waals surface area contributed by atoms with Gasteiger partial charge < -0.3 is 4.90 Å². The third-order valence-corrected chi connectivity index (χ3v) is 1.34. The van der Waals surface area contributed by atoms with Gasteiger partial charge in [0.25, 0.3) is 0 Å². The summed E-state index contributed by atoms with van der Waals surface area (Å²) in [5.74, 6) is 0.354. The molecule has 0 atom stereocenters. The van der Waals surface area contributed by atoms with E-state index in [2.05, 4.69) is 0 Å². The maximum Gasteiger partial charge on any atom is 0.224 e. The number of carbonyl (C=O) groups excluding carboxylic acids is 1. The minimum atomic E-state index is 0.134. The average Bonchev–Trinajstić information content (AvgIpc) is 2.34. The smallest absolute Gasteiger partial charge is 0.224 e. The van der Waals surface area contributed by atoms with E-state index in [0.29, 0.717) is 0 Å². The zero-order valence-corrected chi connectivity index (χ0v) is 12.6. The van der Waals surface area contributed by atoms with Gasteiger partial charge >= 0.3 is 0 Å². The van der Waals surface area contributed by atoms with Gasteiger partial charge in [0.2, 0.25) is 5.91 Å². The highest BCUT2D eigenvalue weighted by Gasteiger charge is 2.09. The van der Waals surface area contributed by atoms with Gasteiger partial charge in [-0.15, -0.1) is 0 Å². The molecule has 0 unspecified atom stereocenters. The summed E-state index contributed by atoms with van der Waals surface area (Å²) in [6, 6.07) is 0. The third-order valence-electron chi connectivity index (χ3n) is 1.34. The van der Waals surface area contributed by atoms with Crippen LogP contribution in [0.25, 0.3) is 0 Å². The van der Waals surface area contributed by atoms with E-state index >= 15 is 0 Å². The van der Waals surface area contributed by atoms with Crippen molar-refractivity contribution < 1.29 is 4.79 Å². The van der Waals surface area contributed by atoms with Crippen molar-refractivity contribution in [3.05, 3.63) is 0 Å². The summed E-state index contributed by atoms with van der Waals surface area (Å²) >= 11 is 0. The van der Waals surface area contributed by atoms with Gasteiger partial charge in [0.15, 0.2) is 0 Å². The molecule has 15 heavy (non-hydrogen) atoms. The van der Waals surface area contributed by atoms with Crippen LogP contribution in [0.2, 0.25) is 0 Å². The van der Waals surface area contributed by atoms with E-state index in [1.165, 1.54) is 0 Å². The second-order valence-corrected chi connectivity index (χ2v) is 2.51. The van der Waals surface area contributed by atoms with Crippen LogP contribution in [0, 0.1) is 5.92 Å². The zero-order chi connectivity index (χ0) is 13.4. The molecule has 1 amide bonds. The lowest BCUT2D eigenvalue weighted by Crippen LogP contribution is -2.29. The van der Waals surface area contributed by atoms with Crippen LogP contribution < -0.4 is 0 Å². The highest BCUT2D eigenvalue weighted by atomic mass is 16.2. The summed E-state index contributed by atoms with van der Waals surface area (Å²) in [7, 11) is 1.82. The third kappa shape index (κ3) is 19.8. The molecule has 96 valence electrons. The van der Waals surface area contributed by atoms with Crippen molar-refractivity contribution in [1.82, 2.24) is 4.90 Å². The lowest BCUT2D eigenvalue weighted by atomic mass is 10.2. The van der Waals surface area contributed by atoms with Crippen molar-refractivity contribution in [3.63, 3.8) is 0 Å². The molecule has 2 nitrogen and oxygen atoms in total. The van der Waals surface area contributed by atoms with Crippen molar-refractivity contribution >= 4 is 5.91 Å². The van der Waals surface area contributed by atoms with Crippen molar-refractivity contribution in [2.24, 2.45) is 5.92 Å². The molecule has 0 heterocycles. The summed E-state index contributed by atoms with van der Waals surface area (Å²) in [5, 5.41) is 0. The minimum absolute atomic E-state index is 0.134. The van der Waals surface area contributed by atoms with Crippen LogP contribution in [0.5, 0.6) is 0 Å². The SMILES string of the molecule is CC.CC.CC.CCN(C)C(=O)C(C)C. The molecule has 0 fully saturated rings. The molecule has 0 rings (SSSR count). The average molecular weight is 219 g/mol. The summed E-state index contributed by atoms with van der Waals surface area (Å²) in [6.45, 7) is 18.6. The zero-order valence-electron chi connectivity index (χ0n) is 12.6. The van der Waals surface area contributed by atoms with Gasteiger partial charge in [0, 0.05) is 19.5 Å². The molecule has 0 spiro atoms. The molecule has 0 saturated heterocycles. The van der Waals surface area contributed by atoms with E-state index in [4.69, 9.17) is 0 Å². The van der Waals surface area contributed by atoms with E-state index in [9.17, 15) is 4.79 Å². The van der Waals surface area contributed by atoms with Crippen LogP contribution >= 0.6 is 0 Å². The minimum Gasteiger partial charge on any atom is -0.346 e. The number of amides is 1. The van der Waals surface area contributed by atoms with Crippen molar-refractivity contribution in [2.75, 3.05) is 13.6 Å². The largest absolute Gasteiger partial charge is 0.346 e. The fourth-order valence-corrected chi connectivity index (χ4v) is 0.597. The monoisotopic (exact) mass is 219 g/mol. The van der Waals surface area contributed by atoms with E-state index in [0.717, 1.165) is 6.54 Å². The Hall–Kier alpha value is -0.530. The molecule has 0 aliphatic rings. The van der Waals surface area contributed by atoms with Crippen LogP contribution in [0.1, 0.15) is 62.3 Å². The van der Waals surface area contributed by atoms with Crippen LogP contribution in [0.15, 0.2) is 0 Å². The fraction of sp³-hybridized carbons (Fsp3) is 0.923. The van der Waals surface area contributed by atoms with E-state index in [1.54, 1.807) is 4.90 Å². The molecule has 0 saturated carbocycles. The lowest BCUT2D eigenvalue weighted by Gasteiger charge is -2.16. The van der Waals surface area contributed by atoms with Crippen molar-refractivity contribution in [2.45, 2.75) is 62.3 Å². The Balaban J connectivity index is -0.0000000860. The first-order chi connectivity index (χ1) is 7.09. The summed E-state index contributed by atoms with van der Waals surface area (Å²) in [4.78, 5) is 12.7. The van der Waals surface area contributed by atoms with E-state index < -0.39 is 0 Å². The molecule has 0 aromatic heterocycles. The van der Waals surface area contributed by atoms with Gasteiger partial charge in [0.1, 0.15) is 0 Å². The van der Waals surface area contributed by atoms with Crippen molar-refractivity contribution in [3.8, 4) is 0 Å². The highest BCUT2D eigenvalue weighted by molar-refractivity contribution is 5.77. The maximum absolute atomic E-state index is 11.0. The molecule has 0 radical (unpaired) electrons. The quantitative estimate of drug-likeness (QED) is 0.681. The first-order valence-electron chi connectivity index (χ1n) is 6.34. The molecule has 0 aromatic carbocycles. The molecular formula is C13H33NO. The molecule has 0 aliphatic carbocycles. The Morgan fingerprint density at radius 2 is 1.27 bits per heavy atom. The molecule has 0 aliphatic heterocycles. The van der Waals surface area contributed by atoms with Gasteiger partial charge in [-0.05, 0) is 6.92 Å². The maximum atomic E-state index is 11.0. The number of rotatable bonds is 2. The molecule has 2 heteroatoms. The fourth-order valence-electron chi connectivity index (χ4n) is 0.597. The Bertz CT molecular complexity index is 101. The second kappa shape index (κ2) is 23.4. The Labute approximate surface area is 98.1 Å². The van der Waals surface area contributed by atoms with Crippen LogP contribution in [0.3, 0.4) is 0 Å². The van der Waals surface area contributed by atoms with Gasteiger partial charge in [-0.1, -0.05) is 55.4 Å². The Morgan fingerprint density at radius 3 is 1.33 bits per heavy atom. The molecule has 0 aromatic rings. The molecule has 0 N–H and O–H groups in total. The van der Waals surface area contributed by atoms with Gasteiger partial charge in [0.05, 0.1) is 0 Å². The van der Waals surface area contributed by atoms with Crippen molar-refractivity contribution in [1.29, 1.82) is 0 Å². The molecule has 0 bridgehead atoms. The van der Waals surface area contributed by atoms with E-state index in [1.807, 2.05) is 69.4 Å². The van der Waals surface area contributed by atoms with E-state index in [-0.39, 0.29) is 11.8 Å². The van der Waals surface area contributed by atoms with Crippen LogP contribution in [0.4, 0.5) is 0 Å². The predicted octanol–water partition coefficient (Wildman–Crippen LogP) is 4.20. The Kier molecular flexibility index (Phi) is 37.3. The standard InChI is InChI=1S/C7H15NO.3C2H6/c1-5-8(4)7(9)6(2)3;3*1-2/h6H,5H2,1-4H3;3*1-2H3. The summed E-state index contributed by atoms with van der Waals surface area (Å²) in [6.07, 6.45) is 0. The number of nitrogens with zero attached hydrogens (tertiary/aromatic N) is 1.